The number of unbranched alkanes of at least 4 members (excludes halogenated alkanes) is 1. The number of nitrogens with zero attached hydrogens (tertiary/aromatic N) is 1. The Labute approximate surface area is 159 Å². The number of fused-ring (bicyclic) bond motifs is 2. The van der Waals surface area contributed by atoms with Crippen LogP contribution in [0.25, 0.3) is 0 Å². The molecule has 0 aromatic rings. The van der Waals surface area contributed by atoms with Gasteiger partial charge in [-0.15, -0.1) is 0 Å². The van der Waals surface area contributed by atoms with Crippen LogP contribution in [0.15, 0.2) is 0 Å². The molecule has 4 atom stereocenters. The van der Waals surface area contributed by atoms with Gasteiger partial charge in [0, 0.05) is 25.6 Å². The molecule has 9 nitrogen and oxygen atoms in total. The number of carboxylic acids is 1. The first kappa shape index (κ1) is 21.1. The Morgan fingerprint density at radius 3 is 2.59 bits per heavy atom. The van der Waals surface area contributed by atoms with Gasteiger partial charge in [-0.1, -0.05) is 0 Å². The predicted molar refractivity (Wildman–Crippen MR) is 97.5 cm³/mol. The highest BCUT2D eigenvalue weighted by molar-refractivity contribution is 5.89. The Hall–Kier alpha value is -2.16. The first-order valence-electron chi connectivity index (χ1n) is 9.64. The Kier molecular flexibility index (Phi) is 7.58. The zero-order chi connectivity index (χ0) is 20.0. The minimum Gasteiger partial charge on any atom is -0.481 e. The van der Waals surface area contributed by atoms with Crippen molar-refractivity contribution >= 4 is 23.7 Å². The molecule has 0 radical (unpaired) electrons. The highest BCUT2D eigenvalue weighted by Crippen LogP contribution is 2.42. The van der Waals surface area contributed by atoms with Crippen molar-refractivity contribution in [2.24, 2.45) is 11.7 Å². The van der Waals surface area contributed by atoms with Crippen LogP contribution in [0.5, 0.6) is 0 Å². The maximum absolute atomic E-state index is 13.1. The number of hydrogen-bond donors (Lipinski definition) is 4. The van der Waals surface area contributed by atoms with Crippen molar-refractivity contribution in [3.8, 4) is 0 Å². The first-order valence-corrected chi connectivity index (χ1v) is 9.64. The average molecular weight is 382 g/mol. The van der Waals surface area contributed by atoms with Crippen molar-refractivity contribution < 1.29 is 24.3 Å². The van der Waals surface area contributed by atoms with Crippen LogP contribution in [0.1, 0.15) is 51.9 Å². The minimum atomic E-state index is -0.962. The summed E-state index contributed by atoms with van der Waals surface area (Å²) in [6.45, 7) is 2.01. The molecule has 3 amide bonds. The van der Waals surface area contributed by atoms with E-state index in [1.54, 1.807) is 4.90 Å². The van der Waals surface area contributed by atoms with Gasteiger partial charge in [-0.3, -0.25) is 19.2 Å². The standard InChI is InChI=1S/C18H30N4O5/c1-11(23)21-14(4-2-3-8-19)18(27)22-12-5-6-15(22)13(10-12)17(26)20-9-7-16(24)25/h12-15H,2-10,19H2,1H3,(H,20,26)(H,21,23)(H,24,25)/t12?,13?,14-,15?/m1/s1. The molecule has 3 unspecified atom stereocenters. The lowest BCUT2D eigenvalue weighted by molar-refractivity contribution is -0.138. The lowest BCUT2D eigenvalue weighted by Gasteiger charge is -2.28. The fourth-order valence-electron chi connectivity index (χ4n) is 4.21. The van der Waals surface area contributed by atoms with Gasteiger partial charge in [0.25, 0.3) is 0 Å². The van der Waals surface area contributed by atoms with E-state index in [2.05, 4.69) is 10.6 Å². The van der Waals surface area contributed by atoms with Crippen LogP contribution < -0.4 is 16.4 Å². The van der Waals surface area contributed by atoms with Crippen LogP contribution in [0.2, 0.25) is 0 Å². The molecule has 0 aliphatic carbocycles. The Bertz CT molecular complexity index is 582. The van der Waals surface area contributed by atoms with E-state index in [0.717, 1.165) is 25.7 Å². The minimum absolute atomic E-state index is 0.00323. The first-order chi connectivity index (χ1) is 12.8. The van der Waals surface area contributed by atoms with Crippen molar-refractivity contribution in [3.05, 3.63) is 0 Å². The van der Waals surface area contributed by atoms with E-state index >= 15 is 0 Å². The fourth-order valence-corrected chi connectivity index (χ4v) is 4.21. The van der Waals surface area contributed by atoms with E-state index in [-0.39, 0.29) is 48.7 Å². The second-order valence-electron chi connectivity index (χ2n) is 7.36. The number of carbonyl (C=O) groups excluding carboxylic acids is 3. The summed E-state index contributed by atoms with van der Waals surface area (Å²) >= 11 is 0. The number of carbonyl (C=O) groups is 4. The molecular weight excluding hydrogens is 352 g/mol. The van der Waals surface area contributed by atoms with Crippen molar-refractivity contribution in [3.63, 3.8) is 0 Å². The Balaban J connectivity index is 1.99. The van der Waals surface area contributed by atoms with Gasteiger partial charge in [-0.05, 0) is 45.1 Å². The highest BCUT2D eigenvalue weighted by Gasteiger charge is 2.52. The number of amides is 3. The van der Waals surface area contributed by atoms with Crippen LogP contribution in [0.4, 0.5) is 0 Å². The summed E-state index contributed by atoms with van der Waals surface area (Å²) in [6, 6.07) is -0.771. The lowest BCUT2D eigenvalue weighted by Crippen LogP contribution is -2.50. The van der Waals surface area contributed by atoms with Crippen LogP contribution in [-0.4, -0.2) is 64.9 Å². The van der Waals surface area contributed by atoms with E-state index in [1.165, 1.54) is 6.92 Å². The molecule has 2 rings (SSSR count). The molecule has 2 aliphatic rings. The van der Waals surface area contributed by atoms with Crippen LogP contribution in [0.3, 0.4) is 0 Å². The summed E-state index contributed by atoms with van der Waals surface area (Å²) in [7, 11) is 0. The largest absolute Gasteiger partial charge is 0.481 e. The second-order valence-corrected chi connectivity index (χ2v) is 7.36. The van der Waals surface area contributed by atoms with E-state index < -0.39 is 12.0 Å². The fraction of sp³-hybridized carbons (Fsp3) is 0.778. The summed E-state index contributed by atoms with van der Waals surface area (Å²) in [5.41, 5.74) is 5.51. The summed E-state index contributed by atoms with van der Waals surface area (Å²) in [6.07, 6.45) is 4.13. The van der Waals surface area contributed by atoms with Gasteiger partial charge in [0.2, 0.25) is 17.7 Å². The molecule has 2 bridgehead atoms. The molecular formula is C18H30N4O5. The maximum atomic E-state index is 13.1. The Morgan fingerprint density at radius 1 is 1.22 bits per heavy atom. The molecule has 2 fully saturated rings. The number of nitrogens with one attached hydrogen (secondary N) is 2. The SMILES string of the molecule is CC(=O)N[C@H](CCCCN)C(=O)N1C2CCC1C(C(=O)NCCC(=O)O)C2. The molecule has 0 saturated carbocycles. The molecule has 2 heterocycles. The topological polar surface area (TPSA) is 142 Å². The lowest BCUT2D eigenvalue weighted by atomic mass is 9.88. The zero-order valence-electron chi connectivity index (χ0n) is 15.8. The van der Waals surface area contributed by atoms with E-state index in [1.807, 2.05) is 0 Å². The third-order valence-electron chi connectivity index (χ3n) is 5.39. The average Bonchev–Trinajstić information content (AvgIpc) is 3.17. The number of hydrogen-bond acceptors (Lipinski definition) is 5. The third-order valence-corrected chi connectivity index (χ3v) is 5.39. The number of rotatable bonds is 10. The number of aliphatic carboxylic acids is 1. The summed E-state index contributed by atoms with van der Waals surface area (Å²) < 4.78 is 0. The monoisotopic (exact) mass is 382 g/mol. The summed E-state index contributed by atoms with van der Waals surface area (Å²) in [5.74, 6) is -1.86. The molecule has 0 aromatic heterocycles. The third kappa shape index (κ3) is 5.41. The molecule has 0 spiro atoms. The van der Waals surface area contributed by atoms with Crippen LogP contribution in [0, 0.1) is 5.92 Å². The van der Waals surface area contributed by atoms with E-state index in [4.69, 9.17) is 10.8 Å². The van der Waals surface area contributed by atoms with Crippen molar-refractivity contribution in [2.75, 3.05) is 13.1 Å². The zero-order valence-corrected chi connectivity index (χ0v) is 15.8. The van der Waals surface area contributed by atoms with Gasteiger partial charge in [0.15, 0.2) is 0 Å². The van der Waals surface area contributed by atoms with E-state index in [0.29, 0.717) is 19.4 Å². The quantitative estimate of drug-likeness (QED) is 0.378. The van der Waals surface area contributed by atoms with Gasteiger partial charge in [-0.2, -0.15) is 0 Å². The molecule has 2 saturated heterocycles. The predicted octanol–water partition coefficient (Wildman–Crippen LogP) is -0.409. The van der Waals surface area contributed by atoms with Crippen molar-refractivity contribution in [1.82, 2.24) is 15.5 Å². The normalized spacial score (nSPS) is 24.5. The molecule has 2 aliphatic heterocycles. The van der Waals surface area contributed by atoms with Gasteiger partial charge in [0.1, 0.15) is 6.04 Å². The van der Waals surface area contributed by atoms with Crippen molar-refractivity contribution in [2.45, 2.75) is 70.0 Å². The van der Waals surface area contributed by atoms with E-state index in [9.17, 15) is 19.2 Å². The number of carboxylic acid groups (broad SMARTS) is 1. The molecule has 9 heteroatoms. The number of nitrogens with two attached hydrogens (primary N) is 1. The summed E-state index contributed by atoms with van der Waals surface area (Å²) in [4.78, 5) is 49.4. The molecule has 152 valence electrons. The van der Waals surface area contributed by atoms with Gasteiger partial charge >= 0.3 is 5.97 Å². The Morgan fingerprint density at radius 2 is 1.96 bits per heavy atom. The highest BCUT2D eigenvalue weighted by atomic mass is 16.4. The molecule has 5 N–H and O–H groups in total. The second kappa shape index (κ2) is 9.68. The van der Waals surface area contributed by atoms with Crippen LogP contribution >= 0.6 is 0 Å². The van der Waals surface area contributed by atoms with Crippen molar-refractivity contribution in [1.29, 1.82) is 0 Å². The molecule has 27 heavy (non-hydrogen) atoms. The van der Waals surface area contributed by atoms with Gasteiger partial charge in [0.05, 0.1) is 12.3 Å². The van der Waals surface area contributed by atoms with Gasteiger partial charge < -0.3 is 26.4 Å². The summed E-state index contributed by atoms with van der Waals surface area (Å²) in [5, 5.41) is 14.1. The smallest absolute Gasteiger partial charge is 0.305 e. The van der Waals surface area contributed by atoms with Crippen LogP contribution in [-0.2, 0) is 19.2 Å². The maximum Gasteiger partial charge on any atom is 0.305 e. The van der Waals surface area contributed by atoms with Gasteiger partial charge in [-0.25, -0.2) is 0 Å². The molecule has 0 aromatic carbocycles.